The summed E-state index contributed by atoms with van der Waals surface area (Å²) in [5, 5.41) is 10.8. The van der Waals surface area contributed by atoms with Gasteiger partial charge in [-0.3, -0.25) is 0 Å². The van der Waals surface area contributed by atoms with Gasteiger partial charge in [-0.25, -0.2) is 18.2 Å². The number of rotatable bonds is 5. The molecule has 0 aliphatic carbocycles. The van der Waals surface area contributed by atoms with Crippen molar-refractivity contribution < 1.29 is 18.3 Å². The number of carboxylic acids is 1. The van der Waals surface area contributed by atoms with Crippen LogP contribution in [0.25, 0.3) is 0 Å². The summed E-state index contributed by atoms with van der Waals surface area (Å²) in [5.74, 6) is -1.27. The van der Waals surface area contributed by atoms with Gasteiger partial charge in [0, 0.05) is 12.4 Å². The van der Waals surface area contributed by atoms with Crippen LogP contribution in [0.5, 0.6) is 0 Å². The van der Waals surface area contributed by atoms with Crippen molar-refractivity contribution in [2.75, 3.05) is 7.05 Å². The molecule has 0 fully saturated rings. The molecule has 1 N–H and O–H groups in total. The third-order valence-electron chi connectivity index (χ3n) is 2.67. The molecule has 8 heteroatoms. The number of hydrogen-bond donors (Lipinski definition) is 1. The van der Waals surface area contributed by atoms with Crippen LogP contribution in [0.3, 0.4) is 0 Å². The number of aromatic nitrogens is 1. The van der Waals surface area contributed by atoms with Crippen LogP contribution in [0.2, 0.25) is 0 Å². The fourth-order valence-electron chi connectivity index (χ4n) is 1.66. The minimum Gasteiger partial charge on any atom is -0.478 e. The van der Waals surface area contributed by atoms with E-state index < -0.39 is 16.0 Å². The number of nitrogens with zero attached hydrogens (tertiary/aromatic N) is 2. The number of sulfonamides is 1. The highest BCUT2D eigenvalue weighted by Crippen LogP contribution is 2.20. The van der Waals surface area contributed by atoms with Gasteiger partial charge in [-0.05, 0) is 12.1 Å². The molecular weight excluding hydrogens is 300 g/mol. The number of benzene rings is 1. The zero-order valence-corrected chi connectivity index (χ0v) is 12.2. The molecular formula is C12H12N2O4S2. The van der Waals surface area contributed by atoms with Gasteiger partial charge in [0.15, 0.2) is 0 Å². The second-order valence-corrected chi connectivity index (χ2v) is 6.77. The first-order valence-corrected chi connectivity index (χ1v) is 7.97. The number of carbonyl (C=O) groups is 1. The second kappa shape index (κ2) is 5.70. The number of aromatic carboxylic acids is 1. The van der Waals surface area contributed by atoms with Gasteiger partial charge in [-0.1, -0.05) is 12.1 Å². The first-order chi connectivity index (χ1) is 9.43. The Hall–Kier alpha value is -1.77. The summed E-state index contributed by atoms with van der Waals surface area (Å²) >= 11 is 1.37. The van der Waals surface area contributed by atoms with E-state index in [0.717, 1.165) is 4.31 Å². The maximum atomic E-state index is 12.4. The molecule has 0 radical (unpaired) electrons. The Morgan fingerprint density at radius 2 is 2.10 bits per heavy atom. The highest BCUT2D eigenvalue weighted by Gasteiger charge is 2.26. The van der Waals surface area contributed by atoms with E-state index >= 15 is 0 Å². The number of thiazole rings is 1. The third-order valence-corrected chi connectivity index (χ3v) is 5.17. The average Bonchev–Trinajstić information content (AvgIpc) is 2.91. The molecule has 0 atom stereocenters. The SMILES string of the molecule is CN(Cc1cscn1)S(=O)(=O)c1ccccc1C(=O)O. The zero-order valence-electron chi connectivity index (χ0n) is 10.6. The summed E-state index contributed by atoms with van der Waals surface area (Å²) in [6.07, 6.45) is 0. The maximum Gasteiger partial charge on any atom is 0.337 e. The molecule has 1 heterocycles. The summed E-state index contributed by atoms with van der Waals surface area (Å²) < 4.78 is 25.9. The van der Waals surface area contributed by atoms with E-state index in [1.165, 1.54) is 42.6 Å². The lowest BCUT2D eigenvalue weighted by Gasteiger charge is -2.17. The Balaban J connectivity index is 2.37. The Morgan fingerprint density at radius 1 is 1.40 bits per heavy atom. The first-order valence-electron chi connectivity index (χ1n) is 5.58. The fraction of sp³-hybridized carbons (Fsp3) is 0.167. The molecule has 0 aliphatic heterocycles. The van der Waals surface area contributed by atoms with Crippen molar-refractivity contribution in [2.24, 2.45) is 0 Å². The van der Waals surface area contributed by atoms with Crippen LogP contribution in [-0.4, -0.2) is 35.8 Å². The largest absolute Gasteiger partial charge is 0.478 e. The fourth-order valence-corrected chi connectivity index (χ4v) is 3.54. The van der Waals surface area contributed by atoms with Gasteiger partial charge < -0.3 is 5.11 Å². The van der Waals surface area contributed by atoms with E-state index in [2.05, 4.69) is 4.98 Å². The standard InChI is InChI=1S/C12H12N2O4S2/c1-14(6-9-7-19-8-13-9)20(17,18)11-5-3-2-4-10(11)12(15)16/h2-5,7-8H,6H2,1H3,(H,15,16). The first kappa shape index (κ1) is 14.6. The van der Waals surface area contributed by atoms with E-state index in [0.29, 0.717) is 5.69 Å². The van der Waals surface area contributed by atoms with Crippen molar-refractivity contribution in [3.63, 3.8) is 0 Å². The molecule has 0 bridgehead atoms. The molecule has 0 saturated carbocycles. The van der Waals surface area contributed by atoms with E-state index in [-0.39, 0.29) is 17.0 Å². The molecule has 1 aromatic carbocycles. The van der Waals surface area contributed by atoms with Crippen molar-refractivity contribution >= 4 is 27.3 Å². The van der Waals surface area contributed by atoms with Crippen molar-refractivity contribution in [3.8, 4) is 0 Å². The minimum atomic E-state index is -3.87. The normalized spacial score (nSPS) is 11.7. The summed E-state index contributed by atoms with van der Waals surface area (Å²) in [4.78, 5) is 14.9. The molecule has 20 heavy (non-hydrogen) atoms. The predicted octanol–water partition coefficient (Wildman–Crippen LogP) is 1.66. The van der Waals surface area contributed by atoms with Gasteiger partial charge >= 0.3 is 5.97 Å². The Morgan fingerprint density at radius 3 is 2.70 bits per heavy atom. The quantitative estimate of drug-likeness (QED) is 0.907. The monoisotopic (exact) mass is 312 g/mol. The van der Waals surface area contributed by atoms with Crippen LogP contribution in [0, 0.1) is 0 Å². The maximum absolute atomic E-state index is 12.4. The molecule has 0 saturated heterocycles. The van der Waals surface area contributed by atoms with Crippen LogP contribution in [-0.2, 0) is 16.6 Å². The lowest BCUT2D eigenvalue weighted by Crippen LogP contribution is -2.28. The summed E-state index contributed by atoms with van der Waals surface area (Å²) in [6, 6.07) is 5.54. The van der Waals surface area contributed by atoms with Crippen LogP contribution in [0.1, 0.15) is 16.1 Å². The Labute approximate surface area is 120 Å². The highest BCUT2D eigenvalue weighted by atomic mass is 32.2. The molecule has 0 unspecified atom stereocenters. The zero-order chi connectivity index (χ0) is 14.8. The van der Waals surface area contributed by atoms with Gasteiger partial charge in [0.05, 0.1) is 28.2 Å². The van der Waals surface area contributed by atoms with Gasteiger partial charge in [0.2, 0.25) is 10.0 Å². The van der Waals surface area contributed by atoms with Crippen molar-refractivity contribution in [1.29, 1.82) is 0 Å². The number of carboxylic acid groups (broad SMARTS) is 1. The molecule has 0 aliphatic rings. The van der Waals surface area contributed by atoms with Crippen molar-refractivity contribution in [2.45, 2.75) is 11.4 Å². The van der Waals surface area contributed by atoms with Gasteiger partial charge in [0.25, 0.3) is 0 Å². The smallest absolute Gasteiger partial charge is 0.337 e. The van der Waals surface area contributed by atoms with E-state index in [1.54, 1.807) is 10.9 Å². The van der Waals surface area contributed by atoms with Crippen LogP contribution in [0.15, 0.2) is 40.1 Å². The van der Waals surface area contributed by atoms with E-state index in [4.69, 9.17) is 5.11 Å². The summed E-state index contributed by atoms with van der Waals surface area (Å²) in [5.41, 5.74) is 1.99. The summed E-state index contributed by atoms with van der Waals surface area (Å²) in [6.45, 7) is 0.0970. The Bertz CT molecular complexity index is 711. The van der Waals surface area contributed by atoms with E-state index in [9.17, 15) is 13.2 Å². The van der Waals surface area contributed by atoms with Crippen LogP contribution < -0.4 is 0 Å². The molecule has 2 rings (SSSR count). The van der Waals surface area contributed by atoms with Crippen molar-refractivity contribution in [1.82, 2.24) is 9.29 Å². The Kier molecular flexibility index (Phi) is 4.17. The van der Waals surface area contributed by atoms with Crippen LogP contribution in [0.4, 0.5) is 0 Å². The molecule has 6 nitrogen and oxygen atoms in total. The van der Waals surface area contributed by atoms with E-state index in [1.807, 2.05) is 0 Å². The molecule has 0 amide bonds. The van der Waals surface area contributed by atoms with Gasteiger partial charge in [-0.15, -0.1) is 11.3 Å². The molecule has 1 aromatic heterocycles. The topological polar surface area (TPSA) is 87.6 Å². The van der Waals surface area contributed by atoms with Gasteiger partial charge in [0.1, 0.15) is 0 Å². The lowest BCUT2D eigenvalue weighted by molar-refractivity contribution is 0.0692. The second-order valence-electron chi connectivity index (χ2n) is 4.04. The average molecular weight is 312 g/mol. The predicted molar refractivity (Wildman–Crippen MR) is 74.2 cm³/mol. The van der Waals surface area contributed by atoms with Crippen LogP contribution >= 0.6 is 11.3 Å². The molecule has 106 valence electrons. The number of hydrogen-bond acceptors (Lipinski definition) is 5. The van der Waals surface area contributed by atoms with Crippen molar-refractivity contribution in [3.05, 3.63) is 46.4 Å². The van der Waals surface area contributed by atoms with Gasteiger partial charge in [-0.2, -0.15) is 4.31 Å². The lowest BCUT2D eigenvalue weighted by atomic mass is 10.2. The summed E-state index contributed by atoms with van der Waals surface area (Å²) in [7, 11) is -2.48. The third kappa shape index (κ3) is 2.87. The highest BCUT2D eigenvalue weighted by molar-refractivity contribution is 7.89. The molecule has 0 spiro atoms. The minimum absolute atomic E-state index is 0.0970. The molecule has 2 aromatic rings.